The Labute approximate surface area is 171 Å². The number of amides is 1. The Bertz CT molecular complexity index is 961. The number of Topliss-reactive ketones (excluding diaryl/α,β-unsaturated/α-hetero) is 1. The number of rotatable bonds is 7. The minimum Gasteiger partial charge on any atom is -0.503 e. The van der Waals surface area contributed by atoms with Gasteiger partial charge in [0.05, 0.1) is 18.2 Å². The molecule has 0 fully saturated rings. The minimum absolute atomic E-state index is 0.139. The molecule has 0 saturated carbocycles. The van der Waals surface area contributed by atoms with Gasteiger partial charge in [0, 0.05) is 12.1 Å². The van der Waals surface area contributed by atoms with Crippen LogP contribution in [0.1, 0.15) is 44.4 Å². The third-order valence-corrected chi connectivity index (χ3v) is 4.87. The molecule has 0 aliphatic carbocycles. The molecule has 152 valence electrons. The third-order valence-electron chi connectivity index (χ3n) is 4.87. The first kappa shape index (κ1) is 20.6. The van der Waals surface area contributed by atoms with E-state index in [9.17, 15) is 14.7 Å². The Morgan fingerprint density at radius 1 is 1.17 bits per heavy atom. The molecule has 1 amide bonds. The van der Waals surface area contributed by atoms with Gasteiger partial charge in [0.2, 0.25) is 0 Å². The summed E-state index contributed by atoms with van der Waals surface area (Å²) in [6, 6.07) is 14.2. The molecule has 0 saturated heterocycles. The van der Waals surface area contributed by atoms with E-state index in [1.165, 1.54) is 4.90 Å². The molecular formula is C24H27NO4. The van der Waals surface area contributed by atoms with E-state index in [1.54, 1.807) is 6.92 Å². The number of benzene rings is 2. The lowest BCUT2D eigenvalue weighted by molar-refractivity contribution is -0.118. The molecule has 2 aromatic carbocycles. The normalized spacial score (nSPS) is 16.7. The van der Waals surface area contributed by atoms with Crippen molar-refractivity contribution in [1.29, 1.82) is 0 Å². The zero-order chi connectivity index (χ0) is 21.1. The average Bonchev–Trinajstić information content (AvgIpc) is 2.97. The van der Waals surface area contributed by atoms with Gasteiger partial charge in [-0.2, -0.15) is 0 Å². The minimum atomic E-state index is -0.695. The number of carbonyl (C=O) groups excluding carboxylic acids is 2. The number of nitrogens with zero attached hydrogens (tertiary/aromatic N) is 1. The Hall–Kier alpha value is -3.08. The maximum absolute atomic E-state index is 13.0. The largest absolute Gasteiger partial charge is 0.503 e. The van der Waals surface area contributed by atoms with Crippen LogP contribution in [0.15, 0.2) is 59.9 Å². The Kier molecular flexibility index (Phi) is 6.06. The molecule has 29 heavy (non-hydrogen) atoms. The Morgan fingerprint density at radius 3 is 2.55 bits per heavy atom. The van der Waals surface area contributed by atoms with Crippen LogP contribution in [-0.4, -0.2) is 23.4 Å². The number of carbonyl (C=O) groups is 2. The quantitative estimate of drug-likeness (QED) is 0.726. The summed E-state index contributed by atoms with van der Waals surface area (Å²) in [5, 5.41) is 10.6. The van der Waals surface area contributed by atoms with Crippen molar-refractivity contribution >= 4 is 17.4 Å². The number of aliphatic hydroxyl groups excluding tert-OH is 1. The van der Waals surface area contributed by atoms with E-state index in [4.69, 9.17) is 4.74 Å². The molecule has 5 nitrogen and oxygen atoms in total. The van der Waals surface area contributed by atoms with Crippen LogP contribution in [-0.2, 0) is 9.59 Å². The van der Waals surface area contributed by atoms with Crippen molar-refractivity contribution in [3.63, 3.8) is 0 Å². The zero-order valence-corrected chi connectivity index (χ0v) is 17.3. The van der Waals surface area contributed by atoms with Crippen LogP contribution in [0.2, 0.25) is 0 Å². The number of ether oxygens (including phenoxy) is 1. The number of aryl methyl sites for hydroxylation is 1. The van der Waals surface area contributed by atoms with Crippen molar-refractivity contribution in [3.8, 4) is 5.75 Å². The summed E-state index contributed by atoms with van der Waals surface area (Å²) in [6.07, 6.45) is 0.203. The second kappa shape index (κ2) is 8.52. The van der Waals surface area contributed by atoms with Crippen LogP contribution in [0.4, 0.5) is 5.69 Å². The molecule has 1 unspecified atom stereocenters. The number of hydrogen-bond donors (Lipinski definition) is 1. The maximum Gasteiger partial charge on any atom is 0.294 e. The van der Waals surface area contributed by atoms with E-state index in [0.717, 1.165) is 11.1 Å². The molecule has 2 aromatic rings. The maximum atomic E-state index is 13.0. The van der Waals surface area contributed by atoms with Gasteiger partial charge in [-0.15, -0.1) is 0 Å². The summed E-state index contributed by atoms with van der Waals surface area (Å²) in [6.45, 7) is 8.36. The van der Waals surface area contributed by atoms with Gasteiger partial charge in [-0.05, 0) is 48.2 Å². The van der Waals surface area contributed by atoms with Gasteiger partial charge in [-0.3, -0.25) is 14.5 Å². The van der Waals surface area contributed by atoms with Gasteiger partial charge in [0.1, 0.15) is 5.75 Å². The zero-order valence-electron chi connectivity index (χ0n) is 17.3. The molecule has 1 aliphatic heterocycles. The lowest BCUT2D eigenvalue weighted by atomic mass is 9.94. The molecule has 0 aromatic heterocycles. The first-order valence-corrected chi connectivity index (χ1v) is 9.92. The van der Waals surface area contributed by atoms with Crippen LogP contribution in [0.25, 0.3) is 0 Å². The highest BCUT2D eigenvalue weighted by Gasteiger charge is 2.43. The highest BCUT2D eigenvalue weighted by molar-refractivity contribution is 6.16. The smallest absolute Gasteiger partial charge is 0.294 e. The SMILES string of the molecule is CCC(=O)C1=C(O)C(=O)N(c2cccc(C)c2)C1c1cccc(OCC(C)C)c1. The van der Waals surface area contributed by atoms with Crippen molar-refractivity contribution in [2.45, 2.75) is 40.2 Å². The molecule has 1 heterocycles. The summed E-state index contributed by atoms with van der Waals surface area (Å²) in [7, 11) is 0. The molecule has 0 radical (unpaired) electrons. The van der Waals surface area contributed by atoms with Crippen LogP contribution >= 0.6 is 0 Å². The molecule has 0 spiro atoms. The van der Waals surface area contributed by atoms with Crippen LogP contribution < -0.4 is 9.64 Å². The number of anilines is 1. The first-order chi connectivity index (χ1) is 13.8. The first-order valence-electron chi connectivity index (χ1n) is 9.92. The highest BCUT2D eigenvalue weighted by Crippen LogP contribution is 2.42. The molecule has 1 N–H and O–H groups in total. The van der Waals surface area contributed by atoms with E-state index in [1.807, 2.05) is 55.5 Å². The monoisotopic (exact) mass is 393 g/mol. The molecule has 1 aliphatic rings. The second-order valence-electron chi connectivity index (χ2n) is 7.73. The molecular weight excluding hydrogens is 366 g/mol. The lowest BCUT2D eigenvalue weighted by Crippen LogP contribution is -2.31. The van der Waals surface area contributed by atoms with Crippen molar-refractivity contribution < 1.29 is 19.4 Å². The van der Waals surface area contributed by atoms with Gasteiger partial charge < -0.3 is 9.84 Å². The van der Waals surface area contributed by atoms with Crippen molar-refractivity contribution in [2.75, 3.05) is 11.5 Å². The molecule has 0 bridgehead atoms. The highest BCUT2D eigenvalue weighted by atomic mass is 16.5. The van der Waals surface area contributed by atoms with Crippen LogP contribution in [0.5, 0.6) is 5.75 Å². The fourth-order valence-electron chi connectivity index (χ4n) is 3.48. The lowest BCUT2D eigenvalue weighted by Gasteiger charge is -2.27. The van der Waals surface area contributed by atoms with E-state index >= 15 is 0 Å². The predicted octanol–water partition coefficient (Wildman–Crippen LogP) is 4.91. The van der Waals surface area contributed by atoms with E-state index < -0.39 is 17.7 Å². The average molecular weight is 393 g/mol. The summed E-state index contributed by atoms with van der Waals surface area (Å²) in [4.78, 5) is 27.1. The Morgan fingerprint density at radius 2 is 1.90 bits per heavy atom. The summed E-state index contributed by atoms with van der Waals surface area (Å²) >= 11 is 0. The van der Waals surface area contributed by atoms with E-state index in [-0.39, 0.29) is 17.8 Å². The van der Waals surface area contributed by atoms with Crippen LogP contribution in [0.3, 0.4) is 0 Å². The fraction of sp³-hybridized carbons (Fsp3) is 0.333. The van der Waals surface area contributed by atoms with Crippen molar-refractivity contribution in [1.82, 2.24) is 0 Å². The Balaban J connectivity index is 2.10. The van der Waals surface area contributed by atoms with Crippen molar-refractivity contribution in [2.24, 2.45) is 5.92 Å². The number of hydrogen-bond acceptors (Lipinski definition) is 4. The van der Waals surface area contributed by atoms with Gasteiger partial charge in [0.15, 0.2) is 11.5 Å². The van der Waals surface area contributed by atoms with Gasteiger partial charge >= 0.3 is 0 Å². The fourth-order valence-corrected chi connectivity index (χ4v) is 3.48. The van der Waals surface area contributed by atoms with Gasteiger partial charge in [-0.1, -0.05) is 45.0 Å². The third kappa shape index (κ3) is 4.19. The molecule has 3 rings (SSSR count). The van der Waals surface area contributed by atoms with Gasteiger partial charge in [-0.25, -0.2) is 0 Å². The topological polar surface area (TPSA) is 66.8 Å². The van der Waals surface area contributed by atoms with E-state index in [0.29, 0.717) is 24.0 Å². The standard InChI is InChI=1S/C24H27NO4/c1-5-20(26)21-22(17-9-7-11-19(13-17)29-14-15(2)3)25(24(28)23(21)27)18-10-6-8-16(4)12-18/h6-13,15,22,27H,5,14H2,1-4H3. The van der Waals surface area contributed by atoms with Crippen molar-refractivity contribution in [3.05, 3.63) is 71.0 Å². The summed E-state index contributed by atoms with van der Waals surface area (Å²) in [5.41, 5.74) is 2.48. The van der Waals surface area contributed by atoms with Gasteiger partial charge in [0.25, 0.3) is 5.91 Å². The summed E-state index contributed by atoms with van der Waals surface area (Å²) < 4.78 is 5.84. The molecule has 1 atom stereocenters. The second-order valence-corrected chi connectivity index (χ2v) is 7.73. The molecule has 5 heteroatoms. The summed E-state index contributed by atoms with van der Waals surface area (Å²) in [5.74, 6) is -0.244. The predicted molar refractivity (Wildman–Crippen MR) is 113 cm³/mol. The number of ketones is 1. The number of aliphatic hydroxyl groups is 1. The van der Waals surface area contributed by atoms with Crippen LogP contribution in [0, 0.1) is 12.8 Å². The van der Waals surface area contributed by atoms with E-state index in [2.05, 4.69) is 13.8 Å².